The van der Waals surface area contributed by atoms with Crippen molar-refractivity contribution in [3.8, 4) is 0 Å². The second-order valence-corrected chi connectivity index (χ2v) is 4.81. The Balaban J connectivity index is 1.83. The van der Waals surface area contributed by atoms with E-state index in [9.17, 15) is 0 Å². The summed E-state index contributed by atoms with van der Waals surface area (Å²) in [7, 11) is 0. The van der Waals surface area contributed by atoms with Gasteiger partial charge in [-0.05, 0) is 12.8 Å². The van der Waals surface area contributed by atoms with Gasteiger partial charge < -0.3 is 0 Å². The maximum absolute atomic E-state index is 4.45. The van der Waals surface area contributed by atoms with Crippen LogP contribution >= 0.6 is 11.8 Å². The zero-order valence-corrected chi connectivity index (χ0v) is 9.54. The molecule has 1 rings (SSSR count). The molecule has 0 atom stereocenters. The second kappa shape index (κ2) is 7.43. The Kier molecular flexibility index (Phi) is 6.34. The third-order valence-electron chi connectivity index (χ3n) is 2.39. The molecule has 0 amide bonds. The molecule has 0 bridgehead atoms. The van der Waals surface area contributed by atoms with Gasteiger partial charge in [-0.15, -0.1) is 11.8 Å². The summed E-state index contributed by atoms with van der Waals surface area (Å²) in [5.74, 6) is 1.23. The average molecular weight is 199 g/mol. The van der Waals surface area contributed by atoms with Gasteiger partial charge in [-0.25, -0.2) is 0 Å². The highest BCUT2D eigenvalue weighted by Crippen LogP contribution is 2.17. The van der Waals surface area contributed by atoms with Gasteiger partial charge in [0.2, 0.25) is 0 Å². The minimum absolute atomic E-state index is 1.07. The predicted octanol–water partition coefficient (Wildman–Crippen LogP) is 3.88. The average Bonchev–Trinajstić information content (AvgIpc) is 2.63. The monoisotopic (exact) mass is 199 g/mol. The summed E-state index contributed by atoms with van der Waals surface area (Å²) in [6.07, 6.45) is 9.62. The zero-order valence-electron chi connectivity index (χ0n) is 8.72. The van der Waals surface area contributed by atoms with Gasteiger partial charge in [-0.3, -0.25) is 4.99 Å². The third kappa shape index (κ3) is 5.35. The molecule has 1 heterocycles. The van der Waals surface area contributed by atoms with Crippen LogP contribution in [0, 0.1) is 0 Å². The fraction of sp³-hybridized carbons (Fsp3) is 0.909. The van der Waals surface area contributed by atoms with E-state index in [2.05, 4.69) is 11.9 Å². The van der Waals surface area contributed by atoms with Crippen molar-refractivity contribution >= 4 is 16.8 Å². The highest BCUT2D eigenvalue weighted by Gasteiger charge is 2.05. The Hall–Kier alpha value is 0.0200. The van der Waals surface area contributed by atoms with E-state index in [-0.39, 0.29) is 0 Å². The van der Waals surface area contributed by atoms with Crippen molar-refractivity contribution in [1.29, 1.82) is 0 Å². The minimum atomic E-state index is 1.07. The summed E-state index contributed by atoms with van der Waals surface area (Å²) < 4.78 is 0. The summed E-state index contributed by atoms with van der Waals surface area (Å²) in [6.45, 7) is 3.33. The van der Waals surface area contributed by atoms with Crippen LogP contribution in [-0.4, -0.2) is 17.3 Å². The van der Waals surface area contributed by atoms with Gasteiger partial charge in [-0.1, -0.05) is 39.0 Å². The summed E-state index contributed by atoms with van der Waals surface area (Å²) in [5.41, 5.74) is 0. The fourth-order valence-electron chi connectivity index (χ4n) is 1.59. The molecule has 0 aliphatic carbocycles. The summed E-state index contributed by atoms with van der Waals surface area (Å²) in [5, 5.41) is 1.41. The standard InChI is InChI=1S/C11H21NS/c1-2-3-4-5-6-7-8-11-12-9-10-13-11/h2-10H2,1H3. The van der Waals surface area contributed by atoms with Gasteiger partial charge in [0.25, 0.3) is 0 Å². The van der Waals surface area contributed by atoms with E-state index in [1.165, 1.54) is 55.7 Å². The SMILES string of the molecule is CCCCCCCCC1=NCCS1. The molecule has 0 aromatic heterocycles. The number of nitrogens with zero attached hydrogens (tertiary/aromatic N) is 1. The molecule has 0 fully saturated rings. The van der Waals surface area contributed by atoms with Crippen LogP contribution in [0.15, 0.2) is 4.99 Å². The first-order chi connectivity index (χ1) is 6.43. The van der Waals surface area contributed by atoms with E-state index < -0.39 is 0 Å². The lowest BCUT2D eigenvalue weighted by atomic mass is 10.1. The van der Waals surface area contributed by atoms with Crippen LogP contribution in [0.25, 0.3) is 0 Å². The first-order valence-corrected chi connectivity index (χ1v) is 6.58. The molecule has 76 valence electrons. The number of rotatable bonds is 7. The normalized spacial score (nSPS) is 16.2. The van der Waals surface area contributed by atoms with Crippen molar-refractivity contribution < 1.29 is 0 Å². The number of hydrogen-bond donors (Lipinski definition) is 0. The third-order valence-corrected chi connectivity index (χ3v) is 3.45. The summed E-state index contributed by atoms with van der Waals surface area (Å²) >= 11 is 1.96. The van der Waals surface area contributed by atoms with Crippen molar-refractivity contribution in [2.45, 2.75) is 51.9 Å². The van der Waals surface area contributed by atoms with Crippen molar-refractivity contribution in [3.63, 3.8) is 0 Å². The molecule has 2 heteroatoms. The molecule has 0 spiro atoms. The molecule has 0 saturated heterocycles. The van der Waals surface area contributed by atoms with E-state index in [1.54, 1.807) is 0 Å². The minimum Gasteiger partial charge on any atom is -0.282 e. The summed E-state index contributed by atoms with van der Waals surface area (Å²) in [4.78, 5) is 4.45. The lowest BCUT2D eigenvalue weighted by Gasteiger charge is -2.00. The first-order valence-electron chi connectivity index (χ1n) is 5.59. The summed E-state index contributed by atoms with van der Waals surface area (Å²) in [6, 6.07) is 0. The van der Waals surface area contributed by atoms with Crippen LogP contribution in [0.3, 0.4) is 0 Å². The lowest BCUT2D eigenvalue weighted by Crippen LogP contribution is -1.88. The highest BCUT2D eigenvalue weighted by molar-refractivity contribution is 8.14. The van der Waals surface area contributed by atoms with Crippen molar-refractivity contribution in [2.24, 2.45) is 4.99 Å². The maximum atomic E-state index is 4.45. The molecule has 13 heavy (non-hydrogen) atoms. The highest BCUT2D eigenvalue weighted by atomic mass is 32.2. The molecule has 0 aromatic carbocycles. The van der Waals surface area contributed by atoms with Crippen LogP contribution in [0.1, 0.15) is 51.9 Å². The van der Waals surface area contributed by atoms with E-state index in [1.807, 2.05) is 11.8 Å². The maximum Gasteiger partial charge on any atom is 0.0676 e. The van der Waals surface area contributed by atoms with E-state index in [0.29, 0.717) is 0 Å². The van der Waals surface area contributed by atoms with Gasteiger partial charge in [0.05, 0.1) is 5.04 Å². The smallest absolute Gasteiger partial charge is 0.0676 e. The van der Waals surface area contributed by atoms with Crippen molar-refractivity contribution in [1.82, 2.24) is 0 Å². The largest absolute Gasteiger partial charge is 0.282 e. The quantitative estimate of drug-likeness (QED) is 0.567. The van der Waals surface area contributed by atoms with Gasteiger partial charge in [0.1, 0.15) is 0 Å². The molecule has 0 aromatic rings. The number of thioether (sulfide) groups is 1. The topological polar surface area (TPSA) is 12.4 Å². The fourth-order valence-corrected chi connectivity index (χ4v) is 2.48. The van der Waals surface area contributed by atoms with Crippen LogP contribution in [0.5, 0.6) is 0 Å². The zero-order chi connectivity index (χ0) is 9.36. The number of hydrogen-bond acceptors (Lipinski definition) is 2. The predicted molar refractivity (Wildman–Crippen MR) is 62.8 cm³/mol. The van der Waals surface area contributed by atoms with E-state index in [0.717, 1.165) is 6.54 Å². The Morgan fingerprint density at radius 2 is 1.92 bits per heavy atom. The van der Waals surface area contributed by atoms with Crippen LogP contribution in [-0.2, 0) is 0 Å². The second-order valence-electron chi connectivity index (χ2n) is 3.64. The van der Waals surface area contributed by atoms with Gasteiger partial charge >= 0.3 is 0 Å². The van der Waals surface area contributed by atoms with E-state index >= 15 is 0 Å². The molecule has 1 aliphatic heterocycles. The Morgan fingerprint density at radius 3 is 2.62 bits per heavy atom. The Labute approximate surface area is 86.4 Å². The van der Waals surface area contributed by atoms with Gasteiger partial charge in [0, 0.05) is 12.3 Å². The molecule has 1 nitrogen and oxygen atoms in total. The van der Waals surface area contributed by atoms with Crippen molar-refractivity contribution in [3.05, 3.63) is 0 Å². The number of unbranched alkanes of at least 4 members (excludes halogenated alkanes) is 5. The molecule has 0 unspecified atom stereocenters. The van der Waals surface area contributed by atoms with Crippen LogP contribution in [0.4, 0.5) is 0 Å². The first kappa shape index (κ1) is 11.1. The molecule has 0 N–H and O–H groups in total. The van der Waals surface area contributed by atoms with Crippen LogP contribution < -0.4 is 0 Å². The van der Waals surface area contributed by atoms with Gasteiger partial charge in [-0.2, -0.15) is 0 Å². The van der Waals surface area contributed by atoms with E-state index in [4.69, 9.17) is 0 Å². The molecule has 0 saturated carbocycles. The lowest BCUT2D eigenvalue weighted by molar-refractivity contribution is 0.616. The van der Waals surface area contributed by atoms with Gasteiger partial charge in [0.15, 0.2) is 0 Å². The molecular weight excluding hydrogens is 178 g/mol. The molecule has 0 radical (unpaired) electrons. The molecular formula is C11H21NS. The Morgan fingerprint density at radius 1 is 1.15 bits per heavy atom. The molecule has 1 aliphatic rings. The van der Waals surface area contributed by atoms with Crippen LogP contribution in [0.2, 0.25) is 0 Å². The Bertz CT molecular complexity index is 154. The van der Waals surface area contributed by atoms with Crippen molar-refractivity contribution in [2.75, 3.05) is 12.3 Å². The number of aliphatic imine (C=N–C) groups is 1.